The molecule has 0 fully saturated rings. The highest BCUT2D eigenvalue weighted by Gasteiger charge is 2.05. The second-order valence-corrected chi connectivity index (χ2v) is 3.01. The highest BCUT2D eigenvalue weighted by Crippen LogP contribution is 2.13. The highest BCUT2D eigenvalue weighted by atomic mass is 16.1. The first kappa shape index (κ1) is 10.3. The molecule has 1 aromatic heterocycles. The van der Waals surface area contributed by atoms with Gasteiger partial charge >= 0.3 is 0 Å². The molecule has 1 amide bonds. The number of carbonyl (C=O) groups excluding carboxylic acids is 1. The standard InChI is InChI=1S/C9H14N4O/c1-11-9(14)6-13(2)8-3-7(10)4-12-5-8/h3-5H,6,10H2,1-2H3,(H,11,14). The lowest BCUT2D eigenvalue weighted by atomic mass is 10.3. The maximum atomic E-state index is 11.1. The van der Waals surface area contributed by atoms with Gasteiger partial charge in [-0.15, -0.1) is 0 Å². The van der Waals surface area contributed by atoms with Crippen molar-refractivity contribution >= 4 is 17.3 Å². The lowest BCUT2D eigenvalue weighted by molar-refractivity contribution is -0.119. The Bertz CT molecular complexity index is 326. The van der Waals surface area contributed by atoms with Gasteiger partial charge < -0.3 is 16.0 Å². The van der Waals surface area contributed by atoms with Gasteiger partial charge in [0.1, 0.15) is 0 Å². The summed E-state index contributed by atoms with van der Waals surface area (Å²) in [5.41, 5.74) is 6.99. The summed E-state index contributed by atoms with van der Waals surface area (Å²) in [5, 5.41) is 2.55. The fourth-order valence-corrected chi connectivity index (χ4v) is 1.04. The summed E-state index contributed by atoms with van der Waals surface area (Å²) in [6, 6.07) is 1.77. The monoisotopic (exact) mass is 194 g/mol. The van der Waals surface area contributed by atoms with Gasteiger partial charge in [0.05, 0.1) is 24.1 Å². The molecule has 0 aliphatic rings. The lowest BCUT2D eigenvalue weighted by Crippen LogP contribution is -2.32. The van der Waals surface area contributed by atoms with Crippen LogP contribution in [0.25, 0.3) is 0 Å². The number of nitrogen functional groups attached to an aromatic ring is 1. The molecule has 0 saturated carbocycles. The Morgan fingerprint density at radius 1 is 1.64 bits per heavy atom. The third-order valence-corrected chi connectivity index (χ3v) is 1.85. The van der Waals surface area contributed by atoms with E-state index in [0.29, 0.717) is 12.2 Å². The SMILES string of the molecule is CNC(=O)CN(C)c1cncc(N)c1. The molecule has 0 saturated heterocycles. The van der Waals surface area contributed by atoms with Crippen LogP contribution in [0.5, 0.6) is 0 Å². The van der Waals surface area contributed by atoms with Crippen LogP contribution >= 0.6 is 0 Å². The largest absolute Gasteiger partial charge is 0.397 e. The summed E-state index contributed by atoms with van der Waals surface area (Å²) < 4.78 is 0. The minimum atomic E-state index is -0.0464. The fourth-order valence-electron chi connectivity index (χ4n) is 1.04. The van der Waals surface area contributed by atoms with Gasteiger partial charge in [0.25, 0.3) is 0 Å². The molecule has 0 bridgehead atoms. The number of nitrogens with one attached hydrogen (secondary N) is 1. The van der Waals surface area contributed by atoms with Gasteiger partial charge in [0.2, 0.25) is 5.91 Å². The van der Waals surface area contributed by atoms with Crippen molar-refractivity contribution in [1.82, 2.24) is 10.3 Å². The number of nitrogens with two attached hydrogens (primary N) is 1. The Labute approximate surface area is 82.9 Å². The van der Waals surface area contributed by atoms with E-state index in [1.807, 2.05) is 7.05 Å². The van der Waals surface area contributed by atoms with Crippen molar-refractivity contribution in [3.63, 3.8) is 0 Å². The van der Waals surface area contributed by atoms with Gasteiger partial charge in [-0.3, -0.25) is 9.78 Å². The van der Waals surface area contributed by atoms with E-state index in [9.17, 15) is 4.79 Å². The average molecular weight is 194 g/mol. The number of aromatic nitrogens is 1. The number of likely N-dealkylation sites (N-methyl/N-ethyl adjacent to an activating group) is 2. The van der Waals surface area contributed by atoms with Crippen LogP contribution in [0, 0.1) is 0 Å². The maximum Gasteiger partial charge on any atom is 0.239 e. The Kier molecular flexibility index (Phi) is 3.28. The number of pyridine rings is 1. The third kappa shape index (κ3) is 2.62. The van der Waals surface area contributed by atoms with Crippen LogP contribution in [0.1, 0.15) is 0 Å². The number of nitrogens with zero attached hydrogens (tertiary/aromatic N) is 2. The summed E-state index contributed by atoms with van der Waals surface area (Å²) >= 11 is 0. The van der Waals surface area contributed by atoms with Crippen molar-refractivity contribution in [1.29, 1.82) is 0 Å². The van der Waals surface area contributed by atoms with Crippen LogP contribution in [-0.2, 0) is 4.79 Å². The van der Waals surface area contributed by atoms with E-state index in [0.717, 1.165) is 5.69 Å². The van der Waals surface area contributed by atoms with Crippen LogP contribution in [-0.4, -0.2) is 31.5 Å². The molecule has 5 heteroatoms. The van der Waals surface area contributed by atoms with Gasteiger partial charge in [-0.05, 0) is 6.07 Å². The molecule has 0 aromatic carbocycles. The predicted octanol–water partition coefficient (Wildman–Crippen LogP) is -0.154. The molecule has 14 heavy (non-hydrogen) atoms. The Morgan fingerprint density at radius 3 is 2.93 bits per heavy atom. The lowest BCUT2D eigenvalue weighted by Gasteiger charge is -2.17. The normalized spacial score (nSPS) is 9.57. The van der Waals surface area contributed by atoms with Gasteiger partial charge in [-0.25, -0.2) is 0 Å². The van der Waals surface area contributed by atoms with Crippen molar-refractivity contribution in [2.24, 2.45) is 0 Å². The molecule has 0 spiro atoms. The van der Waals surface area contributed by atoms with Gasteiger partial charge in [0, 0.05) is 20.3 Å². The molecule has 0 radical (unpaired) electrons. The molecule has 1 heterocycles. The van der Waals surface area contributed by atoms with E-state index in [-0.39, 0.29) is 5.91 Å². The first-order valence-electron chi connectivity index (χ1n) is 4.25. The third-order valence-electron chi connectivity index (χ3n) is 1.85. The second-order valence-electron chi connectivity index (χ2n) is 3.01. The Hall–Kier alpha value is -1.78. The number of hydrogen-bond acceptors (Lipinski definition) is 4. The van der Waals surface area contributed by atoms with E-state index < -0.39 is 0 Å². The van der Waals surface area contributed by atoms with Crippen LogP contribution in [0.3, 0.4) is 0 Å². The van der Waals surface area contributed by atoms with Gasteiger partial charge in [-0.1, -0.05) is 0 Å². The minimum absolute atomic E-state index is 0.0464. The predicted molar refractivity (Wildman–Crippen MR) is 56.0 cm³/mol. The molecule has 1 aromatic rings. The second kappa shape index (κ2) is 4.45. The summed E-state index contributed by atoms with van der Waals surface area (Å²) in [4.78, 5) is 16.8. The van der Waals surface area contributed by atoms with E-state index >= 15 is 0 Å². The molecule has 1 rings (SSSR count). The van der Waals surface area contributed by atoms with E-state index in [4.69, 9.17) is 5.73 Å². The quantitative estimate of drug-likeness (QED) is 0.701. The number of carbonyl (C=O) groups is 1. The van der Waals surface area contributed by atoms with Gasteiger partial charge in [0.15, 0.2) is 0 Å². The molecule has 76 valence electrons. The van der Waals surface area contributed by atoms with Crippen LogP contribution in [0.4, 0.5) is 11.4 Å². The maximum absolute atomic E-state index is 11.1. The topological polar surface area (TPSA) is 71.2 Å². The van der Waals surface area contributed by atoms with Crippen LogP contribution < -0.4 is 16.0 Å². The Balaban J connectivity index is 2.69. The van der Waals surface area contributed by atoms with Crippen molar-refractivity contribution in [2.45, 2.75) is 0 Å². The summed E-state index contributed by atoms with van der Waals surface area (Å²) in [7, 11) is 3.42. The first-order valence-corrected chi connectivity index (χ1v) is 4.25. The smallest absolute Gasteiger partial charge is 0.239 e. The number of amides is 1. The first-order chi connectivity index (χ1) is 6.63. The van der Waals surface area contributed by atoms with Crippen molar-refractivity contribution in [2.75, 3.05) is 31.3 Å². The van der Waals surface area contributed by atoms with E-state index in [1.54, 1.807) is 30.4 Å². The fraction of sp³-hybridized carbons (Fsp3) is 0.333. The average Bonchev–Trinajstić information content (AvgIpc) is 2.17. The van der Waals surface area contributed by atoms with E-state index in [2.05, 4.69) is 10.3 Å². The summed E-state index contributed by atoms with van der Waals surface area (Å²) in [5.74, 6) is -0.0464. The molecule has 0 aliphatic heterocycles. The molecular weight excluding hydrogens is 180 g/mol. The molecule has 3 N–H and O–H groups in total. The summed E-state index contributed by atoms with van der Waals surface area (Å²) in [6.07, 6.45) is 3.23. The zero-order valence-electron chi connectivity index (χ0n) is 8.32. The van der Waals surface area contributed by atoms with Crippen molar-refractivity contribution in [3.8, 4) is 0 Å². The molecular formula is C9H14N4O. The molecule has 0 unspecified atom stereocenters. The number of hydrogen-bond donors (Lipinski definition) is 2. The summed E-state index contributed by atoms with van der Waals surface area (Å²) in [6.45, 7) is 0.293. The molecule has 5 nitrogen and oxygen atoms in total. The highest BCUT2D eigenvalue weighted by molar-refractivity contribution is 5.80. The number of anilines is 2. The van der Waals surface area contributed by atoms with Gasteiger partial charge in [-0.2, -0.15) is 0 Å². The zero-order valence-corrected chi connectivity index (χ0v) is 8.32. The Morgan fingerprint density at radius 2 is 2.36 bits per heavy atom. The zero-order chi connectivity index (χ0) is 10.6. The molecule has 0 atom stereocenters. The van der Waals surface area contributed by atoms with Crippen molar-refractivity contribution in [3.05, 3.63) is 18.5 Å². The molecule has 0 aliphatic carbocycles. The van der Waals surface area contributed by atoms with Crippen molar-refractivity contribution < 1.29 is 4.79 Å². The van der Waals surface area contributed by atoms with Crippen LogP contribution in [0.2, 0.25) is 0 Å². The van der Waals surface area contributed by atoms with Crippen LogP contribution in [0.15, 0.2) is 18.5 Å². The minimum Gasteiger partial charge on any atom is -0.397 e. The number of rotatable bonds is 3. The van der Waals surface area contributed by atoms with E-state index in [1.165, 1.54) is 0 Å².